The van der Waals surface area contributed by atoms with E-state index < -0.39 is 10.0 Å². The molecule has 1 saturated heterocycles. The first kappa shape index (κ1) is 22.1. The van der Waals surface area contributed by atoms with E-state index in [-0.39, 0.29) is 17.5 Å². The first-order valence-corrected chi connectivity index (χ1v) is 13.5. The Labute approximate surface area is 195 Å². The molecule has 1 aromatic carbocycles. The number of carbonyl (C=O) groups excluding carboxylic acids is 1. The van der Waals surface area contributed by atoms with Gasteiger partial charge in [0.2, 0.25) is 10.0 Å². The summed E-state index contributed by atoms with van der Waals surface area (Å²) in [5, 5.41) is 1.84. The summed E-state index contributed by atoms with van der Waals surface area (Å²) < 4.78 is 27.2. The monoisotopic (exact) mass is 487 g/mol. The molecule has 1 atom stereocenters. The number of sulfonamides is 1. The van der Waals surface area contributed by atoms with Crippen molar-refractivity contribution in [2.24, 2.45) is 0 Å². The van der Waals surface area contributed by atoms with Gasteiger partial charge in [-0.05, 0) is 37.1 Å². The summed E-state index contributed by atoms with van der Waals surface area (Å²) in [5.41, 5.74) is 2.80. The van der Waals surface area contributed by atoms with Gasteiger partial charge >= 0.3 is 0 Å². The molecule has 3 aromatic rings. The van der Waals surface area contributed by atoms with Gasteiger partial charge in [-0.1, -0.05) is 0 Å². The third kappa shape index (κ3) is 4.16. The zero-order valence-corrected chi connectivity index (χ0v) is 20.1. The third-order valence-corrected chi connectivity index (χ3v) is 8.27. The fourth-order valence-corrected chi connectivity index (χ4v) is 6.73. The molecule has 9 nitrogen and oxygen atoms in total. The summed E-state index contributed by atoms with van der Waals surface area (Å²) >= 11 is 1.43. The van der Waals surface area contributed by atoms with Crippen molar-refractivity contribution in [3.05, 3.63) is 63.0 Å². The van der Waals surface area contributed by atoms with Crippen molar-refractivity contribution >= 4 is 37.9 Å². The Kier molecular flexibility index (Phi) is 5.50. The molecular weight excluding hydrogens is 462 g/mol. The summed E-state index contributed by atoms with van der Waals surface area (Å²) in [6.45, 7) is 5.01. The Morgan fingerprint density at radius 1 is 1.18 bits per heavy atom. The minimum Gasteiger partial charge on any atom is -0.336 e. The van der Waals surface area contributed by atoms with E-state index in [0.29, 0.717) is 55.4 Å². The predicted octanol–water partition coefficient (Wildman–Crippen LogP) is 1.42. The number of rotatable bonds is 4. The maximum atomic E-state index is 13.1. The Hall–Kier alpha value is -2.76. The lowest BCUT2D eigenvalue weighted by Gasteiger charge is -2.34. The molecule has 0 bridgehead atoms. The van der Waals surface area contributed by atoms with Crippen LogP contribution in [0.15, 0.2) is 40.6 Å². The highest BCUT2D eigenvalue weighted by molar-refractivity contribution is 7.92. The number of anilines is 1. The Morgan fingerprint density at radius 3 is 2.67 bits per heavy atom. The highest BCUT2D eigenvalue weighted by atomic mass is 32.2. The van der Waals surface area contributed by atoms with Crippen molar-refractivity contribution in [1.82, 2.24) is 19.2 Å². The molecule has 11 heteroatoms. The molecule has 0 radical (unpaired) electrons. The Balaban J connectivity index is 1.25. The van der Waals surface area contributed by atoms with E-state index in [9.17, 15) is 18.0 Å². The average molecular weight is 488 g/mol. The van der Waals surface area contributed by atoms with Crippen molar-refractivity contribution in [1.29, 1.82) is 0 Å². The molecule has 4 heterocycles. The molecule has 1 amide bonds. The normalized spacial score (nSPS) is 19.3. The number of hydrogen-bond acceptors (Lipinski definition) is 7. The number of benzene rings is 1. The lowest BCUT2D eigenvalue weighted by molar-refractivity contribution is 0.0627. The number of fused-ring (bicyclic) bond motifs is 2. The van der Waals surface area contributed by atoms with Gasteiger partial charge in [0.15, 0.2) is 4.96 Å². The second kappa shape index (κ2) is 8.23. The van der Waals surface area contributed by atoms with Crippen molar-refractivity contribution in [2.45, 2.75) is 25.9 Å². The van der Waals surface area contributed by atoms with E-state index in [2.05, 4.69) is 9.88 Å². The summed E-state index contributed by atoms with van der Waals surface area (Å²) in [6, 6.07) is 6.71. The first-order valence-electron chi connectivity index (χ1n) is 10.8. The average Bonchev–Trinajstić information content (AvgIpc) is 3.36. The second-order valence-electron chi connectivity index (χ2n) is 8.67. The summed E-state index contributed by atoms with van der Waals surface area (Å²) in [5.74, 6) is -0.0423. The molecule has 0 spiro atoms. The molecule has 33 heavy (non-hydrogen) atoms. The van der Waals surface area contributed by atoms with Crippen molar-refractivity contribution in [2.75, 3.05) is 36.7 Å². The van der Waals surface area contributed by atoms with Crippen LogP contribution < -0.4 is 9.86 Å². The SMILES string of the molecule is C[C@H]1Cc2cc(C(=O)N3CCN(Cc4cc(=O)n5ccsc5n4)CC3)ccc2N1S(C)(=O)=O. The van der Waals surface area contributed by atoms with Gasteiger partial charge in [-0.3, -0.25) is 23.2 Å². The highest BCUT2D eigenvalue weighted by Gasteiger charge is 2.33. The zero-order chi connectivity index (χ0) is 23.3. The molecular formula is C22H25N5O4S2. The topological polar surface area (TPSA) is 95.3 Å². The number of thiazole rings is 1. The molecule has 2 aliphatic rings. The number of aromatic nitrogens is 2. The van der Waals surface area contributed by atoms with Gasteiger partial charge in [0.05, 0.1) is 17.6 Å². The first-order chi connectivity index (χ1) is 15.7. The van der Waals surface area contributed by atoms with Crippen LogP contribution in [0.1, 0.15) is 28.5 Å². The Bertz CT molecular complexity index is 1390. The molecule has 174 valence electrons. The standard InChI is InChI=1S/C22H25N5O4S2/c1-15-11-17-12-16(3-4-19(17)27(15)33(2,30)31)21(29)25-7-5-24(6-8-25)14-18-13-20(28)26-9-10-32-22(26)23-18/h3-4,9-10,12-13,15H,5-8,11,14H2,1-2H3/t15-/m0/s1. The van der Waals surface area contributed by atoms with Gasteiger partial charge in [-0.15, -0.1) is 11.3 Å². The van der Waals surface area contributed by atoms with E-state index in [0.717, 1.165) is 11.3 Å². The van der Waals surface area contributed by atoms with Gasteiger partial charge in [-0.2, -0.15) is 0 Å². The van der Waals surface area contributed by atoms with Crippen LogP contribution in [-0.4, -0.2) is 72.0 Å². The Morgan fingerprint density at radius 2 is 1.94 bits per heavy atom. The summed E-state index contributed by atoms with van der Waals surface area (Å²) in [7, 11) is -3.36. The molecule has 0 N–H and O–H groups in total. The fourth-order valence-electron chi connectivity index (χ4n) is 4.73. The summed E-state index contributed by atoms with van der Waals surface area (Å²) in [4.78, 5) is 34.6. The maximum Gasteiger partial charge on any atom is 0.258 e. The van der Waals surface area contributed by atoms with Crippen LogP contribution in [0.2, 0.25) is 0 Å². The van der Waals surface area contributed by atoms with E-state index in [4.69, 9.17) is 0 Å². The van der Waals surface area contributed by atoms with Crippen LogP contribution in [-0.2, 0) is 23.0 Å². The van der Waals surface area contributed by atoms with Gasteiger partial charge in [0.25, 0.3) is 11.5 Å². The lowest BCUT2D eigenvalue weighted by atomic mass is 10.1. The molecule has 2 aromatic heterocycles. The van der Waals surface area contributed by atoms with Gasteiger partial charge in [0.1, 0.15) is 0 Å². The molecule has 0 unspecified atom stereocenters. The van der Waals surface area contributed by atoms with Crippen LogP contribution in [0.5, 0.6) is 0 Å². The lowest BCUT2D eigenvalue weighted by Crippen LogP contribution is -2.48. The van der Waals surface area contributed by atoms with Gasteiger partial charge in [0, 0.05) is 62.0 Å². The van der Waals surface area contributed by atoms with Crippen LogP contribution in [0, 0.1) is 0 Å². The largest absolute Gasteiger partial charge is 0.336 e. The molecule has 5 rings (SSSR count). The number of amides is 1. The molecule has 2 aliphatic heterocycles. The number of piperazine rings is 1. The van der Waals surface area contributed by atoms with Gasteiger partial charge < -0.3 is 4.90 Å². The number of hydrogen-bond donors (Lipinski definition) is 0. The van der Waals surface area contributed by atoms with Gasteiger partial charge in [-0.25, -0.2) is 13.4 Å². The summed E-state index contributed by atoms with van der Waals surface area (Å²) in [6.07, 6.45) is 3.53. The van der Waals surface area contributed by atoms with Crippen molar-refractivity contribution < 1.29 is 13.2 Å². The second-order valence-corrected chi connectivity index (χ2v) is 11.4. The zero-order valence-electron chi connectivity index (χ0n) is 18.5. The predicted molar refractivity (Wildman–Crippen MR) is 127 cm³/mol. The number of nitrogens with zero attached hydrogens (tertiary/aromatic N) is 5. The smallest absolute Gasteiger partial charge is 0.258 e. The maximum absolute atomic E-state index is 13.1. The van der Waals surface area contributed by atoms with Crippen molar-refractivity contribution in [3.8, 4) is 0 Å². The van der Waals surface area contributed by atoms with E-state index in [1.165, 1.54) is 26.3 Å². The molecule has 1 fully saturated rings. The minimum atomic E-state index is -3.36. The quantitative estimate of drug-likeness (QED) is 0.553. The van der Waals surface area contributed by atoms with E-state index in [1.807, 2.05) is 23.3 Å². The minimum absolute atomic E-state index is 0.0423. The van der Waals surface area contributed by atoms with Crippen LogP contribution in [0.4, 0.5) is 5.69 Å². The molecule has 0 aliphatic carbocycles. The van der Waals surface area contributed by atoms with Crippen molar-refractivity contribution in [3.63, 3.8) is 0 Å². The molecule has 0 saturated carbocycles. The van der Waals surface area contributed by atoms with Crippen LogP contribution in [0.3, 0.4) is 0 Å². The number of carbonyl (C=O) groups is 1. The highest BCUT2D eigenvalue weighted by Crippen LogP contribution is 2.35. The van der Waals surface area contributed by atoms with Crippen LogP contribution >= 0.6 is 11.3 Å². The third-order valence-electron chi connectivity index (χ3n) is 6.24. The fraction of sp³-hybridized carbons (Fsp3) is 0.409. The van der Waals surface area contributed by atoms with Crippen LogP contribution in [0.25, 0.3) is 4.96 Å². The van der Waals surface area contributed by atoms with E-state index >= 15 is 0 Å². The van der Waals surface area contributed by atoms with E-state index in [1.54, 1.807) is 24.4 Å².